The number of imidazole rings is 1. The zero-order chi connectivity index (χ0) is 28.7. The summed E-state index contributed by atoms with van der Waals surface area (Å²) in [6, 6.07) is 50.5. The highest BCUT2D eigenvalue weighted by atomic mass is 28.3. The van der Waals surface area contributed by atoms with E-state index in [1.807, 2.05) is 0 Å². The molecule has 0 saturated heterocycles. The van der Waals surface area contributed by atoms with Gasteiger partial charge in [0.25, 0.3) is 0 Å². The van der Waals surface area contributed by atoms with Gasteiger partial charge >= 0.3 is 0 Å². The Balaban J connectivity index is 1.28. The molecule has 0 bridgehead atoms. The second kappa shape index (κ2) is 8.90. The summed E-state index contributed by atoms with van der Waals surface area (Å²) in [6.07, 6.45) is 0. The second-order valence-electron chi connectivity index (χ2n) is 12.0. The Labute approximate surface area is 251 Å². The van der Waals surface area contributed by atoms with Crippen LogP contribution in [0.2, 0.25) is 13.1 Å². The summed E-state index contributed by atoms with van der Waals surface area (Å²) in [5, 5.41) is 5.70. The van der Waals surface area contributed by atoms with Gasteiger partial charge in [-0.15, -0.1) is 0 Å². The number of fused-ring (bicyclic) bond motifs is 8. The fourth-order valence-electron chi connectivity index (χ4n) is 7.40. The zero-order valence-corrected chi connectivity index (χ0v) is 25.1. The van der Waals surface area contributed by atoms with Crippen molar-refractivity contribution in [2.75, 3.05) is 0 Å². The van der Waals surface area contributed by atoms with Gasteiger partial charge in [-0.2, -0.15) is 0 Å². The number of nitrogens with zero attached hydrogens (tertiary/aromatic N) is 3. The Morgan fingerprint density at radius 3 is 2.02 bits per heavy atom. The van der Waals surface area contributed by atoms with Gasteiger partial charge in [0, 0.05) is 27.7 Å². The van der Waals surface area contributed by atoms with Gasteiger partial charge in [0.1, 0.15) is 13.9 Å². The topological polar surface area (TPSA) is 22.8 Å². The van der Waals surface area contributed by atoms with Gasteiger partial charge in [0.2, 0.25) is 0 Å². The van der Waals surface area contributed by atoms with Crippen LogP contribution in [0.1, 0.15) is 0 Å². The van der Waals surface area contributed by atoms with Crippen molar-refractivity contribution in [2.45, 2.75) is 13.1 Å². The molecule has 6 aromatic carbocycles. The molecule has 0 aliphatic carbocycles. The molecule has 0 radical (unpaired) electrons. The molecule has 3 heterocycles. The highest BCUT2D eigenvalue weighted by molar-refractivity contribution is 7.05. The molecule has 0 N–H and O–H groups in total. The molecule has 1 aliphatic rings. The van der Waals surface area contributed by atoms with Crippen LogP contribution in [0.15, 0.2) is 140 Å². The van der Waals surface area contributed by atoms with Gasteiger partial charge in [-0.25, -0.2) is 4.98 Å². The largest absolute Gasteiger partial charge is 0.309 e. The fourth-order valence-corrected chi connectivity index (χ4v) is 10.8. The Hall–Kier alpha value is -5.19. The summed E-state index contributed by atoms with van der Waals surface area (Å²) < 4.78 is 4.77. The molecule has 8 aromatic rings. The van der Waals surface area contributed by atoms with E-state index in [1.165, 1.54) is 49.0 Å². The maximum absolute atomic E-state index is 5.10. The lowest BCUT2D eigenvalue weighted by molar-refractivity contribution is 1.10. The molecule has 0 spiro atoms. The van der Waals surface area contributed by atoms with Crippen LogP contribution in [0, 0.1) is 0 Å². The molecule has 0 saturated carbocycles. The normalized spacial score (nSPS) is 13.5. The van der Waals surface area contributed by atoms with E-state index in [2.05, 4.69) is 162 Å². The maximum Gasteiger partial charge on any atom is 0.145 e. The molecule has 0 unspecified atom stereocenters. The summed E-state index contributed by atoms with van der Waals surface area (Å²) in [5.74, 6) is 0.950. The molecule has 204 valence electrons. The van der Waals surface area contributed by atoms with Crippen molar-refractivity contribution in [1.82, 2.24) is 14.1 Å². The summed E-state index contributed by atoms with van der Waals surface area (Å²) >= 11 is 0. The van der Waals surface area contributed by atoms with Crippen molar-refractivity contribution >= 4 is 51.3 Å². The van der Waals surface area contributed by atoms with Crippen LogP contribution >= 0.6 is 0 Å². The minimum absolute atomic E-state index is 0.950. The number of hydrogen-bond donors (Lipinski definition) is 0. The predicted octanol–water partition coefficient (Wildman–Crippen LogP) is 8.59. The average Bonchev–Trinajstić information content (AvgIpc) is 3.68. The summed E-state index contributed by atoms with van der Waals surface area (Å²) in [7, 11) is -1.93. The van der Waals surface area contributed by atoms with E-state index in [0.29, 0.717) is 0 Å². The van der Waals surface area contributed by atoms with E-state index in [9.17, 15) is 0 Å². The molecule has 3 nitrogen and oxygen atoms in total. The first-order valence-electron chi connectivity index (χ1n) is 14.9. The molecule has 9 rings (SSSR count). The van der Waals surface area contributed by atoms with Gasteiger partial charge in [-0.1, -0.05) is 98.0 Å². The third kappa shape index (κ3) is 3.38. The lowest BCUT2D eigenvalue weighted by Crippen LogP contribution is -2.49. The van der Waals surface area contributed by atoms with Gasteiger partial charge in [-0.3, -0.25) is 4.57 Å². The quantitative estimate of drug-likeness (QED) is 0.196. The van der Waals surface area contributed by atoms with Crippen LogP contribution in [0.5, 0.6) is 0 Å². The summed E-state index contributed by atoms with van der Waals surface area (Å²) in [4.78, 5) is 5.10. The smallest absolute Gasteiger partial charge is 0.145 e. The van der Waals surface area contributed by atoms with Crippen LogP contribution in [0.4, 0.5) is 0 Å². The van der Waals surface area contributed by atoms with Crippen LogP contribution in [-0.4, -0.2) is 22.2 Å². The first-order chi connectivity index (χ1) is 21.1. The molecule has 1 aliphatic heterocycles. The van der Waals surface area contributed by atoms with Crippen LogP contribution in [0.3, 0.4) is 0 Å². The first kappa shape index (κ1) is 24.4. The van der Waals surface area contributed by atoms with Gasteiger partial charge in [0.15, 0.2) is 0 Å². The van der Waals surface area contributed by atoms with Crippen molar-refractivity contribution in [3.63, 3.8) is 0 Å². The summed E-state index contributed by atoms with van der Waals surface area (Å²) in [5.41, 5.74) is 10.9. The number of aromatic nitrogens is 3. The molecular weight excluding hydrogens is 539 g/mol. The third-order valence-corrected chi connectivity index (χ3v) is 12.8. The second-order valence-corrected chi connectivity index (χ2v) is 16.3. The summed E-state index contributed by atoms with van der Waals surface area (Å²) in [6.45, 7) is 5.02. The SMILES string of the molecule is C[Si]1(C)c2ccccc2-c2ccc3c4ccccc4n(-c4ccc(-c5nc6ccccc6n5-c5ccccc5)cc4)c3c21. The Kier molecular flexibility index (Phi) is 5.05. The molecule has 0 fully saturated rings. The van der Waals surface area contributed by atoms with Crippen LogP contribution < -0.4 is 10.4 Å². The average molecular weight is 568 g/mol. The number of para-hydroxylation sites is 4. The minimum atomic E-state index is -1.93. The molecule has 0 amide bonds. The fraction of sp³-hybridized carbons (Fsp3) is 0.0513. The van der Waals surface area contributed by atoms with Crippen molar-refractivity contribution in [1.29, 1.82) is 0 Å². The molecule has 0 atom stereocenters. The Bertz CT molecular complexity index is 2360. The van der Waals surface area contributed by atoms with Crippen LogP contribution in [0.25, 0.3) is 66.7 Å². The van der Waals surface area contributed by atoms with E-state index in [-0.39, 0.29) is 0 Å². The van der Waals surface area contributed by atoms with Crippen molar-refractivity contribution in [2.24, 2.45) is 0 Å². The lowest BCUT2D eigenvalue weighted by Gasteiger charge is -2.21. The number of benzene rings is 6. The maximum atomic E-state index is 5.10. The first-order valence-corrected chi connectivity index (χ1v) is 17.9. The van der Waals surface area contributed by atoms with E-state index in [0.717, 1.165) is 28.1 Å². The Morgan fingerprint density at radius 2 is 1.19 bits per heavy atom. The van der Waals surface area contributed by atoms with Gasteiger partial charge in [-0.05, 0) is 76.1 Å². The Morgan fingerprint density at radius 1 is 0.512 bits per heavy atom. The van der Waals surface area contributed by atoms with Gasteiger partial charge < -0.3 is 4.57 Å². The van der Waals surface area contributed by atoms with Crippen molar-refractivity contribution in [3.05, 3.63) is 140 Å². The van der Waals surface area contributed by atoms with Crippen molar-refractivity contribution < 1.29 is 0 Å². The highest BCUT2D eigenvalue weighted by Crippen LogP contribution is 2.38. The minimum Gasteiger partial charge on any atom is -0.309 e. The molecular formula is C39H29N3Si. The van der Waals surface area contributed by atoms with E-state index < -0.39 is 8.07 Å². The van der Waals surface area contributed by atoms with E-state index in [4.69, 9.17) is 4.98 Å². The standard InChI is InChI=1S/C39H29N3Si/c1-43(2)36-19-11-7-15-30(36)32-25-24-31-29-14-6-9-17-34(29)41(37(31)38(32)43)28-22-20-26(21-23-28)39-40-33-16-8-10-18-35(33)42(39)27-12-4-3-5-13-27/h3-25H,1-2H3. The highest BCUT2D eigenvalue weighted by Gasteiger charge is 2.40. The predicted molar refractivity (Wildman–Crippen MR) is 183 cm³/mol. The third-order valence-electron chi connectivity index (χ3n) is 9.31. The lowest BCUT2D eigenvalue weighted by atomic mass is 10.0. The van der Waals surface area contributed by atoms with E-state index >= 15 is 0 Å². The zero-order valence-electron chi connectivity index (χ0n) is 24.1. The molecule has 43 heavy (non-hydrogen) atoms. The number of hydrogen-bond acceptors (Lipinski definition) is 1. The number of rotatable bonds is 3. The van der Waals surface area contributed by atoms with Gasteiger partial charge in [0.05, 0.1) is 22.1 Å². The van der Waals surface area contributed by atoms with Crippen molar-refractivity contribution in [3.8, 4) is 33.9 Å². The molecule has 4 heteroatoms. The monoisotopic (exact) mass is 567 g/mol. The van der Waals surface area contributed by atoms with E-state index in [1.54, 1.807) is 0 Å². The molecule has 2 aromatic heterocycles. The van der Waals surface area contributed by atoms with Crippen LogP contribution in [-0.2, 0) is 0 Å².